The summed E-state index contributed by atoms with van der Waals surface area (Å²) in [6.07, 6.45) is 0. The van der Waals surface area contributed by atoms with Crippen LogP contribution in [0.4, 0.5) is 0 Å². The third kappa shape index (κ3) is 1.96. The summed E-state index contributed by atoms with van der Waals surface area (Å²) >= 11 is 0. The van der Waals surface area contributed by atoms with Crippen LogP contribution in [0, 0.1) is 0 Å². The molecule has 0 fully saturated rings. The predicted molar refractivity (Wildman–Crippen MR) is 45.9 cm³/mol. The van der Waals surface area contributed by atoms with Gasteiger partial charge in [0.25, 0.3) is 0 Å². The predicted octanol–water partition coefficient (Wildman–Crippen LogP) is 0.630. The highest BCUT2D eigenvalue weighted by Crippen LogP contribution is 2.15. The molecule has 12 heavy (non-hydrogen) atoms. The van der Waals surface area contributed by atoms with E-state index < -0.39 is 5.72 Å². The molecule has 0 bridgehead atoms. The fourth-order valence-electron chi connectivity index (χ4n) is 1.12. The van der Waals surface area contributed by atoms with E-state index in [2.05, 4.69) is 4.99 Å². The summed E-state index contributed by atoms with van der Waals surface area (Å²) in [6, 6.07) is 0. The number of hydrogen-bond donors (Lipinski definition) is 0. The van der Waals surface area contributed by atoms with Crippen molar-refractivity contribution >= 4 is 11.8 Å². The first kappa shape index (κ1) is 9.03. The molecule has 68 valence electrons. The molecule has 0 amide bonds. The molecule has 4 heteroatoms. The van der Waals surface area contributed by atoms with Crippen LogP contribution in [0.1, 0.15) is 20.8 Å². The third-order valence-electron chi connectivity index (χ3n) is 1.71. The average molecular weight is 170 g/mol. The lowest BCUT2D eigenvalue weighted by molar-refractivity contribution is -0.154. The summed E-state index contributed by atoms with van der Waals surface area (Å²) in [7, 11) is 1.82. The molecule has 0 saturated carbocycles. The molecule has 0 N–H and O–H groups in total. The molecule has 0 aromatic heterocycles. The minimum atomic E-state index is -0.716. The van der Waals surface area contributed by atoms with Crippen molar-refractivity contribution in [3.63, 3.8) is 0 Å². The van der Waals surface area contributed by atoms with Crippen molar-refractivity contribution in [3.05, 3.63) is 0 Å². The Hall–Kier alpha value is -1.06. The number of hydrogen-bond acceptors (Lipinski definition) is 4. The van der Waals surface area contributed by atoms with Gasteiger partial charge in [-0.25, -0.2) is 4.99 Å². The Balaban J connectivity index is 2.91. The number of aliphatic imine (C=N–C) groups is 1. The van der Waals surface area contributed by atoms with Crippen LogP contribution in [-0.4, -0.2) is 36.0 Å². The molecule has 0 aliphatic carbocycles. The topological polar surface area (TPSA) is 41.9 Å². The van der Waals surface area contributed by atoms with Crippen LogP contribution in [0.15, 0.2) is 4.99 Å². The highest BCUT2D eigenvalue weighted by Gasteiger charge is 2.26. The van der Waals surface area contributed by atoms with Crippen LogP contribution in [-0.2, 0) is 9.53 Å². The molecule has 0 unspecified atom stereocenters. The third-order valence-corrected chi connectivity index (χ3v) is 1.71. The molecule has 1 rings (SSSR count). The normalized spacial score (nSPS) is 22.8. The Morgan fingerprint density at radius 3 is 2.75 bits per heavy atom. The molecule has 0 spiro atoms. The molecule has 0 atom stereocenters. The molecular weight excluding hydrogens is 156 g/mol. The fraction of sp³-hybridized carbons (Fsp3) is 0.750. The maximum atomic E-state index is 11.1. The van der Waals surface area contributed by atoms with Gasteiger partial charge in [-0.15, -0.1) is 0 Å². The van der Waals surface area contributed by atoms with E-state index in [1.807, 2.05) is 14.0 Å². The first-order chi connectivity index (χ1) is 5.41. The molecule has 1 heterocycles. The lowest BCUT2D eigenvalue weighted by atomic mass is 10.3. The Morgan fingerprint density at radius 2 is 2.17 bits per heavy atom. The Bertz CT molecular complexity index is 233. The van der Waals surface area contributed by atoms with Crippen molar-refractivity contribution < 1.29 is 9.53 Å². The number of carbonyl (C=O) groups excluding carboxylic acids is 1. The molecule has 1 aliphatic rings. The number of likely N-dealkylation sites (N-methyl/N-ethyl adjacent to an activating group) is 1. The standard InChI is InChI=1S/C8H14N2O2/c1-6-9-8(2,3)12-7(11)5-10(6)4/h5H2,1-4H3. The number of amidine groups is 1. The van der Waals surface area contributed by atoms with Gasteiger partial charge in [-0.1, -0.05) is 0 Å². The maximum Gasteiger partial charge on any atom is 0.327 e. The molecular formula is C8H14N2O2. The van der Waals surface area contributed by atoms with E-state index in [0.29, 0.717) is 0 Å². The van der Waals surface area contributed by atoms with Gasteiger partial charge in [-0.05, 0) is 20.8 Å². The molecule has 0 saturated heterocycles. The van der Waals surface area contributed by atoms with E-state index in [9.17, 15) is 4.79 Å². The second kappa shape index (κ2) is 2.77. The first-order valence-electron chi connectivity index (χ1n) is 3.90. The largest absolute Gasteiger partial charge is 0.436 e. The number of cyclic esters (lactones) is 1. The number of esters is 1. The van der Waals surface area contributed by atoms with E-state index in [-0.39, 0.29) is 12.5 Å². The maximum absolute atomic E-state index is 11.1. The molecule has 4 nitrogen and oxygen atoms in total. The summed E-state index contributed by atoms with van der Waals surface area (Å²) in [4.78, 5) is 17.1. The van der Waals surface area contributed by atoms with Crippen LogP contribution in [0.25, 0.3) is 0 Å². The second-order valence-electron chi connectivity index (χ2n) is 3.44. The average Bonchev–Trinajstić information content (AvgIpc) is 1.89. The zero-order valence-electron chi connectivity index (χ0n) is 7.92. The number of nitrogens with zero attached hydrogens (tertiary/aromatic N) is 2. The lowest BCUT2D eigenvalue weighted by Crippen LogP contribution is -2.29. The van der Waals surface area contributed by atoms with Gasteiger partial charge in [-0.3, -0.25) is 4.79 Å². The summed E-state index contributed by atoms with van der Waals surface area (Å²) < 4.78 is 5.07. The Labute approximate surface area is 72.2 Å². The van der Waals surface area contributed by atoms with Crippen LogP contribution >= 0.6 is 0 Å². The van der Waals surface area contributed by atoms with E-state index in [0.717, 1.165) is 5.84 Å². The summed E-state index contributed by atoms with van der Waals surface area (Å²) in [5, 5.41) is 0. The van der Waals surface area contributed by atoms with Crippen LogP contribution < -0.4 is 0 Å². The summed E-state index contributed by atoms with van der Waals surface area (Å²) in [5.41, 5.74) is -0.716. The van der Waals surface area contributed by atoms with Gasteiger partial charge < -0.3 is 9.64 Å². The molecule has 1 aliphatic heterocycles. The highest BCUT2D eigenvalue weighted by atomic mass is 16.6. The van der Waals surface area contributed by atoms with Crippen molar-refractivity contribution in [2.75, 3.05) is 13.6 Å². The zero-order valence-corrected chi connectivity index (χ0v) is 7.92. The number of rotatable bonds is 0. The van der Waals surface area contributed by atoms with Gasteiger partial charge in [0.2, 0.25) is 0 Å². The fourth-order valence-corrected chi connectivity index (χ4v) is 1.12. The van der Waals surface area contributed by atoms with Crippen molar-refractivity contribution in [3.8, 4) is 0 Å². The van der Waals surface area contributed by atoms with Gasteiger partial charge in [0.15, 0.2) is 5.72 Å². The highest BCUT2D eigenvalue weighted by molar-refractivity contribution is 5.85. The Kier molecular flexibility index (Phi) is 2.08. The zero-order chi connectivity index (χ0) is 9.35. The molecule has 0 aromatic rings. The van der Waals surface area contributed by atoms with Gasteiger partial charge in [0, 0.05) is 7.05 Å². The van der Waals surface area contributed by atoms with E-state index in [1.165, 1.54) is 0 Å². The minimum Gasteiger partial charge on any atom is -0.436 e. The van der Waals surface area contributed by atoms with Crippen molar-refractivity contribution in [2.24, 2.45) is 4.99 Å². The minimum absolute atomic E-state index is 0.233. The van der Waals surface area contributed by atoms with Crippen molar-refractivity contribution in [1.82, 2.24) is 4.90 Å². The van der Waals surface area contributed by atoms with E-state index >= 15 is 0 Å². The smallest absolute Gasteiger partial charge is 0.327 e. The summed E-state index contributed by atoms with van der Waals surface area (Å²) in [6.45, 7) is 5.68. The summed E-state index contributed by atoms with van der Waals surface area (Å²) in [5.74, 6) is 0.592. The van der Waals surface area contributed by atoms with E-state index in [4.69, 9.17) is 4.74 Å². The van der Waals surface area contributed by atoms with Crippen LogP contribution in [0.2, 0.25) is 0 Å². The Morgan fingerprint density at radius 1 is 1.58 bits per heavy atom. The van der Waals surface area contributed by atoms with Crippen molar-refractivity contribution in [1.29, 1.82) is 0 Å². The number of ether oxygens (including phenoxy) is 1. The van der Waals surface area contributed by atoms with Gasteiger partial charge in [-0.2, -0.15) is 0 Å². The molecule has 0 radical (unpaired) electrons. The quantitative estimate of drug-likeness (QED) is 0.501. The van der Waals surface area contributed by atoms with Crippen LogP contribution in [0.5, 0.6) is 0 Å². The van der Waals surface area contributed by atoms with Gasteiger partial charge in [0.05, 0.1) is 0 Å². The monoisotopic (exact) mass is 170 g/mol. The molecule has 0 aromatic carbocycles. The number of carbonyl (C=O) groups is 1. The second-order valence-corrected chi connectivity index (χ2v) is 3.44. The van der Waals surface area contributed by atoms with Crippen molar-refractivity contribution in [2.45, 2.75) is 26.5 Å². The van der Waals surface area contributed by atoms with E-state index in [1.54, 1.807) is 18.7 Å². The first-order valence-corrected chi connectivity index (χ1v) is 3.90. The van der Waals surface area contributed by atoms with Gasteiger partial charge in [0.1, 0.15) is 12.4 Å². The van der Waals surface area contributed by atoms with Gasteiger partial charge >= 0.3 is 5.97 Å². The van der Waals surface area contributed by atoms with Crippen LogP contribution in [0.3, 0.4) is 0 Å². The SMILES string of the molecule is CC1=NC(C)(C)OC(=O)CN1C. The lowest BCUT2D eigenvalue weighted by Gasteiger charge is -2.17.